The molecule has 0 aromatic rings. The number of hydrogen-bond acceptors (Lipinski definition) is 6. The molecule has 0 aromatic carbocycles. The van der Waals surface area contributed by atoms with E-state index < -0.39 is 5.79 Å². The van der Waals surface area contributed by atoms with Gasteiger partial charge in [0.2, 0.25) is 0 Å². The smallest absolute Gasteiger partial charge is 0.309 e. The summed E-state index contributed by atoms with van der Waals surface area (Å²) in [4.78, 5) is 25.1. The van der Waals surface area contributed by atoms with Crippen molar-refractivity contribution in [2.75, 3.05) is 21.0 Å². The summed E-state index contributed by atoms with van der Waals surface area (Å²) in [5.41, 5.74) is -0.389. The van der Waals surface area contributed by atoms with Gasteiger partial charge in [-0.3, -0.25) is 4.79 Å². The van der Waals surface area contributed by atoms with Gasteiger partial charge in [-0.25, -0.2) is 0 Å². The molecule has 0 radical (unpaired) electrons. The number of rotatable bonds is 4. The first kappa shape index (κ1) is 20.3. The summed E-state index contributed by atoms with van der Waals surface area (Å²) >= 11 is 0. The lowest BCUT2D eigenvalue weighted by atomic mass is 9.49. The molecule has 3 saturated carbocycles. The standard InChI is InChI=1S/C22H34O6/c1-20(8-5-14(25-3)11-18(20)19(24)26-4)16-6-9-21(2)17(15(16)12-23)7-10-22(21)27-13-28-22/h12,14-18H,5-11,13H2,1-4H3/t14-,15?,16-,17-,18+,20+,21-/m0/s1. The Labute approximate surface area is 167 Å². The van der Waals surface area contributed by atoms with Gasteiger partial charge in [0.25, 0.3) is 0 Å². The number of carbonyl (C=O) groups excluding carboxylic acids is 2. The Balaban J connectivity index is 1.64. The van der Waals surface area contributed by atoms with Crippen LogP contribution in [-0.2, 0) is 28.5 Å². The van der Waals surface area contributed by atoms with Gasteiger partial charge >= 0.3 is 5.97 Å². The highest BCUT2D eigenvalue weighted by Crippen LogP contribution is 2.67. The van der Waals surface area contributed by atoms with Gasteiger partial charge in [-0.2, -0.15) is 0 Å². The van der Waals surface area contributed by atoms with E-state index >= 15 is 0 Å². The third-order valence-corrected chi connectivity index (χ3v) is 9.08. The zero-order valence-electron chi connectivity index (χ0n) is 17.6. The second kappa shape index (κ2) is 7.06. The lowest BCUT2D eigenvalue weighted by Crippen LogP contribution is -2.61. The van der Waals surface area contributed by atoms with Crippen LogP contribution in [0.4, 0.5) is 0 Å². The minimum atomic E-state index is -0.500. The second-order valence-electron chi connectivity index (χ2n) is 9.79. The number of esters is 1. The van der Waals surface area contributed by atoms with Crippen LogP contribution in [0.25, 0.3) is 0 Å². The van der Waals surface area contributed by atoms with Crippen LogP contribution < -0.4 is 0 Å². The van der Waals surface area contributed by atoms with Crippen molar-refractivity contribution in [1.82, 2.24) is 0 Å². The Morgan fingerprint density at radius 1 is 1.04 bits per heavy atom. The number of aldehydes is 1. The number of carbonyl (C=O) groups is 2. The van der Waals surface area contributed by atoms with Crippen LogP contribution in [-0.4, -0.2) is 45.2 Å². The van der Waals surface area contributed by atoms with Crippen molar-refractivity contribution in [1.29, 1.82) is 0 Å². The molecule has 1 aliphatic heterocycles. The van der Waals surface area contributed by atoms with Crippen molar-refractivity contribution in [2.45, 2.75) is 70.7 Å². The maximum Gasteiger partial charge on any atom is 0.309 e. The maximum atomic E-state index is 12.7. The average Bonchev–Trinajstić information content (AvgIpc) is 3.00. The number of methoxy groups -OCH3 is 2. The van der Waals surface area contributed by atoms with E-state index in [1.807, 2.05) is 0 Å². The molecule has 158 valence electrons. The summed E-state index contributed by atoms with van der Waals surface area (Å²) in [6, 6.07) is 0. The molecular formula is C22H34O6. The molecule has 1 saturated heterocycles. The monoisotopic (exact) mass is 394 g/mol. The van der Waals surface area contributed by atoms with Crippen LogP contribution in [0.3, 0.4) is 0 Å². The van der Waals surface area contributed by atoms with Crippen LogP contribution in [0.15, 0.2) is 0 Å². The van der Waals surface area contributed by atoms with Gasteiger partial charge < -0.3 is 23.7 Å². The van der Waals surface area contributed by atoms with E-state index in [-0.39, 0.29) is 46.6 Å². The molecule has 28 heavy (non-hydrogen) atoms. The lowest BCUT2D eigenvalue weighted by Gasteiger charge is -2.58. The van der Waals surface area contributed by atoms with Crippen molar-refractivity contribution >= 4 is 12.3 Å². The largest absolute Gasteiger partial charge is 0.469 e. The summed E-state index contributed by atoms with van der Waals surface area (Å²) < 4.78 is 22.6. The Kier molecular flexibility index (Phi) is 5.12. The first-order valence-corrected chi connectivity index (χ1v) is 10.7. The number of fused-ring (bicyclic) bond motifs is 2. The van der Waals surface area contributed by atoms with E-state index in [1.165, 1.54) is 7.11 Å². The van der Waals surface area contributed by atoms with Crippen molar-refractivity contribution in [3.63, 3.8) is 0 Å². The predicted octanol–water partition coefficient (Wildman–Crippen LogP) is 3.32. The molecule has 0 N–H and O–H groups in total. The lowest BCUT2D eigenvalue weighted by molar-refractivity contribution is -0.436. The van der Waals surface area contributed by atoms with Crippen molar-refractivity contribution in [3.05, 3.63) is 0 Å². The molecule has 7 atom stereocenters. The summed E-state index contributed by atoms with van der Waals surface area (Å²) in [6.07, 6.45) is 7.36. The Hall–Kier alpha value is -0.980. The molecular weight excluding hydrogens is 360 g/mol. The van der Waals surface area contributed by atoms with Gasteiger partial charge in [-0.1, -0.05) is 13.8 Å². The van der Waals surface area contributed by atoms with E-state index in [0.29, 0.717) is 13.2 Å². The molecule has 0 bridgehead atoms. The van der Waals surface area contributed by atoms with E-state index in [0.717, 1.165) is 44.8 Å². The molecule has 4 aliphatic rings. The maximum absolute atomic E-state index is 12.7. The Bertz CT molecular complexity index is 631. The first-order chi connectivity index (χ1) is 13.3. The fourth-order valence-electron chi connectivity index (χ4n) is 7.25. The molecule has 1 unspecified atom stereocenters. The quantitative estimate of drug-likeness (QED) is 0.538. The molecule has 4 rings (SSSR count). The van der Waals surface area contributed by atoms with E-state index in [1.54, 1.807) is 7.11 Å². The summed E-state index contributed by atoms with van der Waals surface area (Å²) in [5.74, 6) is -0.586. The molecule has 1 heterocycles. The summed E-state index contributed by atoms with van der Waals surface area (Å²) in [5, 5.41) is 0. The topological polar surface area (TPSA) is 71.1 Å². The highest BCUT2D eigenvalue weighted by atomic mass is 16.9. The average molecular weight is 395 g/mol. The van der Waals surface area contributed by atoms with Gasteiger partial charge in [-0.15, -0.1) is 0 Å². The van der Waals surface area contributed by atoms with Gasteiger partial charge in [0.15, 0.2) is 12.6 Å². The van der Waals surface area contributed by atoms with Crippen molar-refractivity contribution in [3.8, 4) is 0 Å². The minimum absolute atomic E-state index is 0.0761. The SMILES string of the molecule is COC(=O)[C@H]1C[C@@H](OC)CC[C@]1(C)[C@H]1CC[C@@]2(C)[C@@H](CCC23OCO3)C1C=O. The van der Waals surface area contributed by atoms with Crippen LogP contribution in [0, 0.1) is 34.5 Å². The predicted molar refractivity (Wildman–Crippen MR) is 101 cm³/mol. The summed E-state index contributed by atoms with van der Waals surface area (Å²) in [6.45, 7) is 4.79. The fourth-order valence-corrected chi connectivity index (χ4v) is 7.25. The van der Waals surface area contributed by atoms with Gasteiger partial charge in [0.1, 0.15) is 6.29 Å². The Morgan fingerprint density at radius 3 is 2.32 bits per heavy atom. The Morgan fingerprint density at radius 2 is 1.75 bits per heavy atom. The molecule has 0 amide bonds. The molecule has 6 nitrogen and oxygen atoms in total. The fraction of sp³-hybridized carbons (Fsp3) is 0.909. The molecule has 6 heteroatoms. The first-order valence-electron chi connectivity index (χ1n) is 10.7. The molecule has 3 aliphatic carbocycles. The second-order valence-corrected chi connectivity index (χ2v) is 9.79. The van der Waals surface area contributed by atoms with E-state index in [4.69, 9.17) is 18.9 Å². The van der Waals surface area contributed by atoms with E-state index in [2.05, 4.69) is 13.8 Å². The highest BCUT2D eigenvalue weighted by Gasteiger charge is 2.68. The van der Waals surface area contributed by atoms with Crippen LogP contribution in [0.5, 0.6) is 0 Å². The van der Waals surface area contributed by atoms with Gasteiger partial charge in [0.05, 0.1) is 19.1 Å². The van der Waals surface area contributed by atoms with E-state index in [9.17, 15) is 9.59 Å². The van der Waals surface area contributed by atoms with Crippen molar-refractivity contribution in [2.24, 2.45) is 34.5 Å². The van der Waals surface area contributed by atoms with Crippen molar-refractivity contribution < 1.29 is 28.5 Å². The zero-order chi connectivity index (χ0) is 20.2. The minimum Gasteiger partial charge on any atom is -0.469 e. The molecule has 1 spiro atoms. The highest BCUT2D eigenvalue weighted by molar-refractivity contribution is 5.73. The van der Waals surface area contributed by atoms with Gasteiger partial charge in [0, 0.05) is 24.9 Å². The summed E-state index contributed by atoms with van der Waals surface area (Å²) in [7, 11) is 3.17. The van der Waals surface area contributed by atoms with Crippen LogP contribution in [0.2, 0.25) is 0 Å². The normalized spacial score (nSPS) is 47.2. The third kappa shape index (κ3) is 2.63. The number of ether oxygens (including phenoxy) is 4. The number of hydrogen-bond donors (Lipinski definition) is 0. The zero-order valence-corrected chi connectivity index (χ0v) is 17.6. The van der Waals surface area contributed by atoms with Gasteiger partial charge in [-0.05, 0) is 55.8 Å². The third-order valence-electron chi connectivity index (χ3n) is 9.08. The van der Waals surface area contributed by atoms with Crippen LogP contribution in [0.1, 0.15) is 58.8 Å². The molecule has 0 aromatic heterocycles. The molecule has 4 fully saturated rings. The van der Waals surface area contributed by atoms with Crippen LogP contribution >= 0.6 is 0 Å².